The second-order valence-electron chi connectivity index (χ2n) is 4.23. The van der Waals surface area contributed by atoms with Crippen molar-refractivity contribution in [1.82, 2.24) is 10.6 Å². The molecule has 1 unspecified atom stereocenters. The Morgan fingerprint density at radius 3 is 2.74 bits per heavy atom. The molecule has 0 saturated heterocycles. The predicted octanol–water partition coefficient (Wildman–Crippen LogP) is 1.68. The van der Waals surface area contributed by atoms with Gasteiger partial charge in [-0.3, -0.25) is 9.59 Å². The molecule has 6 heteroatoms. The Morgan fingerprint density at radius 1 is 1.42 bits per heavy atom. The number of nitrogens with one attached hydrogen (secondary N) is 2. The molecule has 0 aliphatic carbocycles. The standard InChI is InChI=1S/C13H18BrN3O2/c1-3-6-16-12(18)8(2)17-13(19)10-7-9(15)4-5-11(10)14/h4-5,7-8H,3,6,15H2,1-2H3,(H,16,18)(H,17,19). The fourth-order valence-corrected chi connectivity index (χ4v) is 1.88. The molecule has 104 valence electrons. The Kier molecular flexibility index (Phi) is 5.82. The summed E-state index contributed by atoms with van der Waals surface area (Å²) in [6.07, 6.45) is 0.854. The van der Waals surface area contributed by atoms with Gasteiger partial charge in [0.2, 0.25) is 5.91 Å². The minimum absolute atomic E-state index is 0.199. The molecule has 0 spiro atoms. The SMILES string of the molecule is CCCNC(=O)C(C)NC(=O)c1cc(N)ccc1Br. The van der Waals surface area contributed by atoms with Crippen molar-refractivity contribution in [3.63, 3.8) is 0 Å². The van der Waals surface area contributed by atoms with E-state index in [1.54, 1.807) is 25.1 Å². The van der Waals surface area contributed by atoms with Gasteiger partial charge in [-0.2, -0.15) is 0 Å². The molecule has 0 saturated carbocycles. The maximum Gasteiger partial charge on any atom is 0.253 e. The second kappa shape index (κ2) is 7.13. The van der Waals surface area contributed by atoms with E-state index in [1.165, 1.54) is 0 Å². The Labute approximate surface area is 121 Å². The molecule has 0 aliphatic rings. The second-order valence-corrected chi connectivity index (χ2v) is 5.08. The number of amides is 2. The third-order valence-electron chi connectivity index (χ3n) is 2.53. The fraction of sp³-hybridized carbons (Fsp3) is 0.385. The summed E-state index contributed by atoms with van der Waals surface area (Å²) < 4.78 is 0.639. The average Bonchev–Trinajstić information content (AvgIpc) is 2.38. The fourth-order valence-electron chi connectivity index (χ4n) is 1.46. The van der Waals surface area contributed by atoms with Crippen molar-refractivity contribution in [3.05, 3.63) is 28.2 Å². The van der Waals surface area contributed by atoms with Crippen LogP contribution in [0.3, 0.4) is 0 Å². The minimum Gasteiger partial charge on any atom is -0.399 e. The molecule has 2 amide bonds. The highest BCUT2D eigenvalue weighted by Crippen LogP contribution is 2.19. The molecule has 1 aromatic rings. The van der Waals surface area contributed by atoms with Crippen LogP contribution in [-0.2, 0) is 4.79 Å². The van der Waals surface area contributed by atoms with Gasteiger partial charge in [0, 0.05) is 16.7 Å². The average molecular weight is 328 g/mol. The lowest BCUT2D eigenvalue weighted by Crippen LogP contribution is -2.45. The van der Waals surface area contributed by atoms with E-state index in [1.807, 2.05) is 6.92 Å². The molecule has 0 aromatic heterocycles. The van der Waals surface area contributed by atoms with Crippen LogP contribution in [0, 0.1) is 0 Å². The third-order valence-corrected chi connectivity index (χ3v) is 3.22. The van der Waals surface area contributed by atoms with Gasteiger partial charge in [0.1, 0.15) is 6.04 Å². The molecule has 1 rings (SSSR count). The van der Waals surface area contributed by atoms with Crippen LogP contribution in [0.25, 0.3) is 0 Å². The maximum atomic E-state index is 12.0. The van der Waals surface area contributed by atoms with Crippen LogP contribution in [0.4, 0.5) is 5.69 Å². The molecule has 0 radical (unpaired) electrons. The molecule has 5 nitrogen and oxygen atoms in total. The van der Waals surface area contributed by atoms with Crippen molar-refractivity contribution in [2.75, 3.05) is 12.3 Å². The number of hydrogen-bond donors (Lipinski definition) is 3. The molecular formula is C13H18BrN3O2. The lowest BCUT2D eigenvalue weighted by Gasteiger charge is -2.14. The van der Waals surface area contributed by atoms with E-state index in [2.05, 4.69) is 26.6 Å². The van der Waals surface area contributed by atoms with E-state index < -0.39 is 6.04 Å². The van der Waals surface area contributed by atoms with Gasteiger partial charge in [-0.15, -0.1) is 0 Å². The number of nitrogens with two attached hydrogens (primary N) is 1. The zero-order valence-corrected chi connectivity index (χ0v) is 12.6. The first-order valence-corrected chi connectivity index (χ1v) is 6.88. The lowest BCUT2D eigenvalue weighted by molar-refractivity contribution is -0.122. The van der Waals surface area contributed by atoms with E-state index in [9.17, 15) is 9.59 Å². The van der Waals surface area contributed by atoms with E-state index in [4.69, 9.17) is 5.73 Å². The van der Waals surface area contributed by atoms with Gasteiger partial charge >= 0.3 is 0 Å². The molecular weight excluding hydrogens is 310 g/mol. The number of nitrogen functional groups attached to an aromatic ring is 1. The van der Waals surface area contributed by atoms with Gasteiger partial charge in [-0.25, -0.2) is 0 Å². The van der Waals surface area contributed by atoms with Crippen LogP contribution in [-0.4, -0.2) is 24.4 Å². The summed E-state index contributed by atoms with van der Waals surface area (Å²) in [6, 6.07) is 4.37. The van der Waals surface area contributed by atoms with E-state index in [-0.39, 0.29) is 11.8 Å². The molecule has 0 heterocycles. The Bertz CT molecular complexity index is 477. The van der Waals surface area contributed by atoms with Gasteiger partial charge in [0.15, 0.2) is 0 Å². The van der Waals surface area contributed by atoms with Crippen LogP contribution in [0.15, 0.2) is 22.7 Å². The molecule has 4 N–H and O–H groups in total. The third kappa shape index (κ3) is 4.55. The van der Waals surface area contributed by atoms with Crippen molar-refractivity contribution in [1.29, 1.82) is 0 Å². The molecule has 0 aliphatic heterocycles. The number of hydrogen-bond acceptors (Lipinski definition) is 3. The molecule has 1 aromatic carbocycles. The summed E-state index contributed by atoms with van der Waals surface area (Å²) in [6.45, 7) is 4.21. The van der Waals surface area contributed by atoms with E-state index >= 15 is 0 Å². The van der Waals surface area contributed by atoms with Crippen LogP contribution in [0.2, 0.25) is 0 Å². The summed E-state index contributed by atoms with van der Waals surface area (Å²) in [5.74, 6) is -0.534. The summed E-state index contributed by atoms with van der Waals surface area (Å²) in [7, 11) is 0. The highest BCUT2D eigenvalue weighted by Gasteiger charge is 2.17. The Hall–Kier alpha value is -1.56. The van der Waals surface area contributed by atoms with Gasteiger partial charge < -0.3 is 16.4 Å². The number of anilines is 1. The monoisotopic (exact) mass is 327 g/mol. The zero-order valence-electron chi connectivity index (χ0n) is 11.0. The van der Waals surface area contributed by atoms with Crippen LogP contribution >= 0.6 is 15.9 Å². The first-order valence-electron chi connectivity index (χ1n) is 6.09. The quantitative estimate of drug-likeness (QED) is 0.719. The van der Waals surface area contributed by atoms with Crippen molar-refractivity contribution < 1.29 is 9.59 Å². The number of rotatable bonds is 5. The molecule has 0 fully saturated rings. The summed E-state index contributed by atoms with van der Waals surface area (Å²) in [5.41, 5.74) is 6.55. The van der Waals surface area contributed by atoms with E-state index in [0.717, 1.165) is 6.42 Å². The molecule has 19 heavy (non-hydrogen) atoms. The van der Waals surface area contributed by atoms with Gasteiger partial charge in [0.25, 0.3) is 5.91 Å². The highest BCUT2D eigenvalue weighted by molar-refractivity contribution is 9.10. The molecule has 0 bridgehead atoms. The van der Waals surface area contributed by atoms with Gasteiger partial charge in [0.05, 0.1) is 5.56 Å². The first kappa shape index (κ1) is 15.5. The van der Waals surface area contributed by atoms with E-state index in [0.29, 0.717) is 22.3 Å². The number of carbonyl (C=O) groups excluding carboxylic acids is 2. The predicted molar refractivity (Wildman–Crippen MR) is 78.8 cm³/mol. The summed E-state index contributed by atoms with van der Waals surface area (Å²) in [5, 5.41) is 5.36. The normalized spacial score (nSPS) is 11.7. The van der Waals surface area contributed by atoms with Crippen LogP contribution in [0.1, 0.15) is 30.6 Å². The highest BCUT2D eigenvalue weighted by atomic mass is 79.9. The summed E-state index contributed by atoms with van der Waals surface area (Å²) in [4.78, 5) is 23.7. The first-order chi connectivity index (χ1) is 8.95. The van der Waals surface area contributed by atoms with Crippen LogP contribution < -0.4 is 16.4 Å². The smallest absolute Gasteiger partial charge is 0.253 e. The topological polar surface area (TPSA) is 84.2 Å². The Balaban J connectivity index is 2.68. The number of carbonyl (C=O) groups is 2. The maximum absolute atomic E-state index is 12.0. The van der Waals surface area contributed by atoms with Gasteiger partial charge in [-0.1, -0.05) is 6.92 Å². The van der Waals surface area contributed by atoms with Crippen molar-refractivity contribution >= 4 is 33.4 Å². The zero-order chi connectivity index (χ0) is 14.4. The molecule has 1 atom stereocenters. The van der Waals surface area contributed by atoms with Crippen molar-refractivity contribution in [2.24, 2.45) is 0 Å². The lowest BCUT2D eigenvalue weighted by atomic mass is 10.1. The minimum atomic E-state index is -0.590. The number of benzene rings is 1. The Morgan fingerprint density at radius 2 is 2.11 bits per heavy atom. The largest absolute Gasteiger partial charge is 0.399 e. The number of halogens is 1. The van der Waals surface area contributed by atoms with Crippen LogP contribution in [0.5, 0.6) is 0 Å². The van der Waals surface area contributed by atoms with Gasteiger partial charge in [-0.05, 0) is 47.5 Å². The van der Waals surface area contributed by atoms with Crippen molar-refractivity contribution in [3.8, 4) is 0 Å². The summed E-state index contributed by atoms with van der Waals surface area (Å²) >= 11 is 3.28. The van der Waals surface area contributed by atoms with Crippen molar-refractivity contribution in [2.45, 2.75) is 26.3 Å².